The molecular formula is C21H23N2O6P. The van der Waals surface area contributed by atoms with Crippen LogP contribution in [0.3, 0.4) is 0 Å². The van der Waals surface area contributed by atoms with Crippen LogP contribution in [-0.2, 0) is 13.6 Å². The normalized spacial score (nSPS) is 14.1. The summed E-state index contributed by atoms with van der Waals surface area (Å²) in [5, 5.41) is 3.89. The van der Waals surface area contributed by atoms with E-state index in [0.29, 0.717) is 28.1 Å². The molecule has 158 valence electrons. The molecule has 0 saturated heterocycles. The number of benzene rings is 2. The summed E-state index contributed by atoms with van der Waals surface area (Å²) in [5.74, 6) is 0.156. The Balaban J connectivity index is 1.86. The number of rotatable bonds is 8. The Morgan fingerprint density at radius 1 is 1.07 bits per heavy atom. The van der Waals surface area contributed by atoms with Gasteiger partial charge in [-0.2, -0.15) is 0 Å². The van der Waals surface area contributed by atoms with Gasteiger partial charge in [0.05, 0.1) is 24.3 Å². The number of hydrogen-bond acceptors (Lipinski definition) is 7. The average molecular weight is 430 g/mol. The lowest BCUT2D eigenvalue weighted by atomic mass is 10.1. The first kappa shape index (κ1) is 20.5. The minimum atomic E-state index is -3.72. The minimum Gasteiger partial charge on any atom is -0.454 e. The van der Waals surface area contributed by atoms with Gasteiger partial charge in [0.2, 0.25) is 6.79 Å². The summed E-state index contributed by atoms with van der Waals surface area (Å²) in [4.78, 5) is 15.9. The minimum absolute atomic E-state index is 0.130. The largest absolute Gasteiger partial charge is 0.454 e. The van der Waals surface area contributed by atoms with Gasteiger partial charge in [0.1, 0.15) is 0 Å². The highest BCUT2D eigenvalue weighted by atomic mass is 31.2. The van der Waals surface area contributed by atoms with E-state index in [2.05, 4.69) is 10.3 Å². The first-order valence-electron chi connectivity index (χ1n) is 9.71. The van der Waals surface area contributed by atoms with Crippen molar-refractivity contribution >= 4 is 24.2 Å². The fraction of sp³-hybridized carbons (Fsp3) is 0.286. The van der Waals surface area contributed by atoms with Crippen molar-refractivity contribution in [1.82, 2.24) is 4.98 Å². The van der Waals surface area contributed by atoms with Crippen molar-refractivity contribution in [1.29, 1.82) is 0 Å². The van der Waals surface area contributed by atoms with Crippen LogP contribution in [0.2, 0.25) is 0 Å². The Hall–Kier alpha value is -2.80. The molecule has 0 amide bonds. The molecule has 8 nitrogen and oxygen atoms in total. The molecule has 1 unspecified atom stereocenters. The molecule has 0 saturated carbocycles. The summed E-state index contributed by atoms with van der Waals surface area (Å²) < 4.78 is 35.7. The van der Waals surface area contributed by atoms with Crippen LogP contribution >= 0.6 is 7.60 Å². The predicted molar refractivity (Wildman–Crippen MR) is 114 cm³/mol. The lowest BCUT2D eigenvalue weighted by Gasteiger charge is -2.27. The molecule has 0 spiro atoms. The number of pyridine rings is 1. The van der Waals surface area contributed by atoms with Gasteiger partial charge in [-0.3, -0.25) is 9.36 Å². The number of fused-ring (bicyclic) bond motifs is 2. The van der Waals surface area contributed by atoms with Crippen molar-refractivity contribution < 1.29 is 23.1 Å². The molecule has 0 bridgehead atoms. The third-order valence-electron chi connectivity index (χ3n) is 4.67. The Bertz CT molecular complexity index is 1140. The Labute approximate surface area is 173 Å². The van der Waals surface area contributed by atoms with E-state index in [4.69, 9.17) is 18.5 Å². The number of H-pyrrole nitrogens is 1. The van der Waals surface area contributed by atoms with Crippen LogP contribution in [0.25, 0.3) is 10.9 Å². The van der Waals surface area contributed by atoms with Crippen LogP contribution in [0, 0.1) is 0 Å². The fourth-order valence-corrected chi connectivity index (χ4v) is 5.31. The lowest BCUT2D eigenvalue weighted by Crippen LogP contribution is -2.23. The third-order valence-corrected chi connectivity index (χ3v) is 6.95. The van der Waals surface area contributed by atoms with Crippen molar-refractivity contribution in [2.24, 2.45) is 0 Å². The molecule has 0 aliphatic carbocycles. The highest BCUT2D eigenvalue weighted by Crippen LogP contribution is 2.60. The quantitative estimate of drug-likeness (QED) is 0.503. The molecule has 1 aromatic heterocycles. The van der Waals surface area contributed by atoms with Crippen molar-refractivity contribution in [2.75, 3.05) is 25.3 Å². The summed E-state index contributed by atoms with van der Waals surface area (Å²) in [6.45, 7) is 3.95. The van der Waals surface area contributed by atoms with E-state index in [0.717, 1.165) is 0 Å². The Morgan fingerprint density at radius 2 is 1.73 bits per heavy atom. The summed E-state index contributed by atoms with van der Waals surface area (Å²) >= 11 is 0. The smallest absolute Gasteiger partial charge is 0.357 e. The monoisotopic (exact) mass is 430 g/mol. The molecule has 2 heterocycles. The number of aromatic amines is 1. The average Bonchev–Trinajstić information content (AvgIpc) is 3.18. The number of aromatic nitrogens is 1. The van der Waals surface area contributed by atoms with Crippen LogP contribution < -0.4 is 20.3 Å². The van der Waals surface area contributed by atoms with E-state index >= 15 is 0 Å². The Morgan fingerprint density at radius 3 is 2.40 bits per heavy atom. The van der Waals surface area contributed by atoms with Crippen molar-refractivity contribution in [3.63, 3.8) is 0 Å². The van der Waals surface area contributed by atoms with E-state index in [9.17, 15) is 9.36 Å². The van der Waals surface area contributed by atoms with Crippen molar-refractivity contribution in [2.45, 2.75) is 19.6 Å². The zero-order chi connectivity index (χ0) is 21.1. The van der Waals surface area contributed by atoms with Gasteiger partial charge in [0.15, 0.2) is 17.3 Å². The van der Waals surface area contributed by atoms with Gasteiger partial charge in [0, 0.05) is 17.1 Å². The van der Waals surface area contributed by atoms with Crippen LogP contribution in [0.5, 0.6) is 11.5 Å². The SMILES string of the molecule is CCOP(=O)(OCC)C(Nc1ccccc1)c1cc2cc3c(cc2[nH]c1=O)OCO3. The lowest BCUT2D eigenvalue weighted by molar-refractivity contribution is 0.174. The maximum absolute atomic E-state index is 13.7. The maximum Gasteiger partial charge on any atom is 0.357 e. The van der Waals surface area contributed by atoms with Crippen LogP contribution in [0.4, 0.5) is 5.69 Å². The summed E-state index contributed by atoms with van der Waals surface area (Å²) in [7, 11) is -3.72. The second-order valence-corrected chi connectivity index (χ2v) is 8.75. The molecular weight excluding hydrogens is 407 g/mol. The van der Waals surface area contributed by atoms with Gasteiger partial charge in [0.25, 0.3) is 5.56 Å². The first-order chi connectivity index (χ1) is 14.5. The highest BCUT2D eigenvalue weighted by molar-refractivity contribution is 7.54. The molecule has 0 radical (unpaired) electrons. The van der Waals surface area contributed by atoms with Crippen LogP contribution in [0.15, 0.2) is 53.3 Å². The summed E-state index contributed by atoms with van der Waals surface area (Å²) in [6.07, 6.45) is 0. The number of ether oxygens (including phenoxy) is 2. The van der Waals surface area contributed by atoms with E-state index in [1.807, 2.05) is 30.3 Å². The molecule has 1 atom stereocenters. The molecule has 0 fully saturated rings. The molecule has 2 aromatic carbocycles. The predicted octanol–water partition coefficient (Wildman–Crippen LogP) is 4.63. The third kappa shape index (κ3) is 3.94. The zero-order valence-corrected chi connectivity index (χ0v) is 17.6. The van der Waals surface area contributed by atoms with E-state index in [-0.39, 0.29) is 25.6 Å². The zero-order valence-electron chi connectivity index (χ0n) is 16.7. The van der Waals surface area contributed by atoms with E-state index < -0.39 is 18.9 Å². The molecule has 1 aliphatic rings. The van der Waals surface area contributed by atoms with Crippen LogP contribution in [-0.4, -0.2) is 25.0 Å². The van der Waals surface area contributed by atoms with E-state index in [1.54, 1.807) is 32.0 Å². The van der Waals surface area contributed by atoms with Gasteiger partial charge in [-0.05, 0) is 38.1 Å². The maximum atomic E-state index is 13.7. The first-order valence-corrected chi connectivity index (χ1v) is 11.3. The molecule has 3 aromatic rings. The molecule has 30 heavy (non-hydrogen) atoms. The fourth-order valence-electron chi connectivity index (χ4n) is 3.38. The Kier molecular flexibility index (Phi) is 5.81. The summed E-state index contributed by atoms with van der Waals surface area (Å²) in [5.41, 5.74) is 1.13. The number of anilines is 1. The second kappa shape index (κ2) is 8.52. The van der Waals surface area contributed by atoms with Crippen LogP contribution in [0.1, 0.15) is 25.2 Å². The second-order valence-electron chi connectivity index (χ2n) is 6.63. The van der Waals surface area contributed by atoms with Crippen molar-refractivity contribution in [3.05, 3.63) is 64.4 Å². The van der Waals surface area contributed by atoms with Gasteiger partial charge in [-0.1, -0.05) is 18.2 Å². The van der Waals surface area contributed by atoms with E-state index in [1.165, 1.54) is 0 Å². The highest BCUT2D eigenvalue weighted by Gasteiger charge is 2.39. The van der Waals surface area contributed by atoms with Crippen molar-refractivity contribution in [3.8, 4) is 11.5 Å². The standard InChI is InChI=1S/C21H23N2O6P/c1-3-28-30(25,29-4-2)21(22-15-8-6-5-7-9-15)16-10-14-11-18-19(27-13-26-18)12-17(14)23-20(16)24/h5-12,21-22H,3-4,13H2,1-2H3,(H,23,24). The number of nitrogens with one attached hydrogen (secondary N) is 2. The number of hydrogen-bond donors (Lipinski definition) is 2. The van der Waals surface area contributed by atoms with Gasteiger partial charge in [-0.15, -0.1) is 0 Å². The molecule has 9 heteroatoms. The van der Waals surface area contributed by atoms with Gasteiger partial charge >= 0.3 is 7.60 Å². The molecule has 2 N–H and O–H groups in total. The molecule has 4 rings (SSSR count). The van der Waals surface area contributed by atoms with Gasteiger partial charge < -0.3 is 28.8 Å². The number of para-hydroxylation sites is 1. The van der Waals surface area contributed by atoms with Gasteiger partial charge in [-0.25, -0.2) is 0 Å². The topological polar surface area (TPSA) is 98.9 Å². The molecule has 1 aliphatic heterocycles. The summed E-state index contributed by atoms with van der Waals surface area (Å²) in [6, 6.07) is 14.4.